The van der Waals surface area contributed by atoms with Crippen LogP contribution in [0.4, 0.5) is 5.95 Å². The van der Waals surface area contributed by atoms with Crippen LogP contribution in [0.5, 0.6) is 11.5 Å². The van der Waals surface area contributed by atoms with Gasteiger partial charge in [0, 0.05) is 18.3 Å². The van der Waals surface area contributed by atoms with E-state index in [4.69, 9.17) is 9.47 Å². The Kier molecular flexibility index (Phi) is 5.38. The molecule has 0 saturated heterocycles. The first kappa shape index (κ1) is 15.6. The van der Waals surface area contributed by atoms with E-state index in [1.54, 1.807) is 20.4 Å². The van der Waals surface area contributed by atoms with Gasteiger partial charge in [0.25, 0.3) is 0 Å². The summed E-state index contributed by atoms with van der Waals surface area (Å²) in [5, 5.41) is 3.18. The van der Waals surface area contributed by atoms with Crippen LogP contribution in [0.3, 0.4) is 0 Å². The number of anilines is 1. The van der Waals surface area contributed by atoms with Gasteiger partial charge in [0.2, 0.25) is 5.95 Å². The van der Waals surface area contributed by atoms with E-state index in [1.165, 1.54) is 0 Å². The number of aromatic nitrogens is 2. The molecular weight excluding hydrogens is 334 g/mol. The summed E-state index contributed by atoms with van der Waals surface area (Å²) in [6.45, 7) is 2.94. The van der Waals surface area contributed by atoms with Crippen molar-refractivity contribution in [3.63, 3.8) is 0 Å². The molecule has 0 amide bonds. The zero-order valence-electron chi connectivity index (χ0n) is 12.3. The van der Waals surface area contributed by atoms with Gasteiger partial charge in [0.05, 0.1) is 19.9 Å². The Balaban J connectivity index is 2.44. The highest BCUT2D eigenvalue weighted by molar-refractivity contribution is 9.10. The smallest absolute Gasteiger partial charge is 0.223 e. The van der Waals surface area contributed by atoms with Crippen LogP contribution in [0.1, 0.15) is 13.3 Å². The normalized spacial score (nSPS) is 10.3. The second kappa shape index (κ2) is 7.26. The Hall–Kier alpha value is -1.82. The molecule has 1 N–H and O–H groups in total. The number of methoxy groups -OCH3 is 2. The van der Waals surface area contributed by atoms with Gasteiger partial charge >= 0.3 is 0 Å². The first-order valence-corrected chi connectivity index (χ1v) is 7.48. The highest BCUT2D eigenvalue weighted by atomic mass is 79.9. The van der Waals surface area contributed by atoms with Crippen molar-refractivity contribution in [3.05, 3.63) is 28.9 Å². The predicted molar refractivity (Wildman–Crippen MR) is 87.1 cm³/mol. The fourth-order valence-corrected chi connectivity index (χ4v) is 2.60. The lowest BCUT2D eigenvalue weighted by molar-refractivity contribution is 0.390. The van der Waals surface area contributed by atoms with Crippen LogP contribution in [-0.2, 0) is 0 Å². The van der Waals surface area contributed by atoms with Crippen molar-refractivity contribution in [2.75, 3.05) is 26.1 Å². The van der Waals surface area contributed by atoms with Crippen molar-refractivity contribution in [1.29, 1.82) is 0 Å². The van der Waals surface area contributed by atoms with Crippen LogP contribution < -0.4 is 14.8 Å². The number of nitrogens with one attached hydrogen (secondary N) is 1. The van der Waals surface area contributed by atoms with Gasteiger partial charge in [-0.05, 0) is 40.5 Å². The molecule has 6 heteroatoms. The summed E-state index contributed by atoms with van der Waals surface area (Å²) in [5.74, 6) is 2.02. The van der Waals surface area contributed by atoms with E-state index in [2.05, 4.69) is 38.1 Å². The van der Waals surface area contributed by atoms with Gasteiger partial charge in [0.1, 0.15) is 16.0 Å². The number of nitrogens with zero attached hydrogens (tertiary/aromatic N) is 2. The summed E-state index contributed by atoms with van der Waals surface area (Å²) in [5.41, 5.74) is 1.68. The zero-order valence-corrected chi connectivity index (χ0v) is 13.9. The molecule has 5 nitrogen and oxygen atoms in total. The summed E-state index contributed by atoms with van der Waals surface area (Å²) in [6.07, 6.45) is 2.75. The van der Waals surface area contributed by atoms with E-state index in [9.17, 15) is 0 Å². The average Bonchev–Trinajstić information content (AvgIpc) is 2.52. The molecule has 21 heavy (non-hydrogen) atoms. The fraction of sp³-hybridized carbons (Fsp3) is 0.333. The molecule has 0 unspecified atom stereocenters. The minimum absolute atomic E-state index is 0.614. The molecule has 1 heterocycles. The van der Waals surface area contributed by atoms with Gasteiger partial charge in [-0.3, -0.25) is 0 Å². The van der Waals surface area contributed by atoms with E-state index in [0.717, 1.165) is 28.7 Å². The monoisotopic (exact) mass is 351 g/mol. The quantitative estimate of drug-likeness (QED) is 0.858. The molecule has 0 spiro atoms. The Morgan fingerprint density at radius 2 is 2.00 bits per heavy atom. The second-order valence-electron chi connectivity index (χ2n) is 4.35. The third-order valence-electron chi connectivity index (χ3n) is 2.95. The van der Waals surface area contributed by atoms with E-state index in [-0.39, 0.29) is 0 Å². The second-order valence-corrected chi connectivity index (χ2v) is 5.15. The molecule has 0 fully saturated rings. The van der Waals surface area contributed by atoms with Gasteiger partial charge < -0.3 is 14.8 Å². The van der Waals surface area contributed by atoms with E-state index >= 15 is 0 Å². The van der Waals surface area contributed by atoms with E-state index in [1.807, 2.05) is 18.2 Å². The van der Waals surface area contributed by atoms with Crippen molar-refractivity contribution < 1.29 is 9.47 Å². The maximum atomic E-state index is 5.49. The van der Waals surface area contributed by atoms with Crippen molar-refractivity contribution in [3.8, 4) is 22.8 Å². The number of halogens is 1. The van der Waals surface area contributed by atoms with Gasteiger partial charge in [-0.15, -0.1) is 0 Å². The summed E-state index contributed by atoms with van der Waals surface area (Å²) < 4.78 is 11.5. The number of hydrogen-bond acceptors (Lipinski definition) is 5. The third-order valence-corrected chi connectivity index (χ3v) is 3.70. The minimum Gasteiger partial charge on any atom is -0.495 e. The SMILES string of the molecule is CCCNc1nccc(-c2ccc(OC)c(Br)c2OC)n1. The molecule has 0 saturated carbocycles. The highest BCUT2D eigenvalue weighted by Gasteiger charge is 2.15. The average molecular weight is 352 g/mol. The van der Waals surface area contributed by atoms with E-state index in [0.29, 0.717) is 17.4 Å². The van der Waals surface area contributed by atoms with Crippen molar-refractivity contribution >= 4 is 21.9 Å². The number of ether oxygens (including phenoxy) is 2. The molecule has 0 aliphatic heterocycles. The molecule has 1 aromatic heterocycles. The first-order valence-electron chi connectivity index (χ1n) is 6.69. The van der Waals surface area contributed by atoms with Crippen LogP contribution >= 0.6 is 15.9 Å². The molecule has 1 aromatic carbocycles. The molecule has 0 aliphatic rings. The molecule has 2 rings (SSSR count). The molecule has 112 valence electrons. The van der Waals surface area contributed by atoms with Gasteiger partial charge in [0.15, 0.2) is 0 Å². The van der Waals surface area contributed by atoms with Gasteiger partial charge in [-0.25, -0.2) is 9.97 Å². The number of hydrogen-bond donors (Lipinski definition) is 1. The topological polar surface area (TPSA) is 56.3 Å². The zero-order chi connectivity index (χ0) is 15.2. The van der Waals surface area contributed by atoms with Crippen LogP contribution in [-0.4, -0.2) is 30.7 Å². The number of benzene rings is 1. The standard InChI is InChI=1S/C15H18BrN3O2/c1-4-8-17-15-18-9-7-11(19-15)10-5-6-12(20-2)13(16)14(10)21-3/h5-7,9H,4,8H2,1-3H3,(H,17,18,19). The van der Waals surface area contributed by atoms with Gasteiger partial charge in [-0.1, -0.05) is 6.92 Å². The van der Waals surface area contributed by atoms with Gasteiger partial charge in [-0.2, -0.15) is 0 Å². The van der Waals surface area contributed by atoms with Crippen LogP contribution in [0.25, 0.3) is 11.3 Å². The largest absolute Gasteiger partial charge is 0.495 e. The molecule has 0 radical (unpaired) electrons. The Morgan fingerprint density at radius 1 is 1.19 bits per heavy atom. The maximum absolute atomic E-state index is 5.49. The van der Waals surface area contributed by atoms with Crippen LogP contribution in [0.15, 0.2) is 28.9 Å². The Morgan fingerprint density at radius 3 is 2.67 bits per heavy atom. The van der Waals surface area contributed by atoms with Crippen LogP contribution in [0.2, 0.25) is 0 Å². The summed E-state index contributed by atoms with van der Waals surface area (Å²) in [7, 11) is 3.25. The predicted octanol–water partition coefficient (Wildman–Crippen LogP) is 3.75. The summed E-state index contributed by atoms with van der Waals surface area (Å²) >= 11 is 3.50. The Labute approximate surface area is 132 Å². The Bertz CT molecular complexity index is 620. The van der Waals surface area contributed by atoms with Crippen molar-refractivity contribution in [1.82, 2.24) is 9.97 Å². The van der Waals surface area contributed by atoms with Crippen molar-refractivity contribution in [2.45, 2.75) is 13.3 Å². The first-order chi connectivity index (χ1) is 10.2. The lowest BCUT2D eigenvalue weighted by Crippen LogP contribution is -2.04. The minimum atomic E-state index is 0.614. The molecule has 0 atom stereocenters. The number of rotatable bonds is 6. The summed E-state index contributed by atoms with van der Waals surface area (Å²) in [4.78, 5) is 8.74. The highest BCUT2D eigenvalue weighted by Crippen LogP contribution is 2.41. The summed E-state index contributed by atoms with van der Waals surface area (Å²) in [6, 6.07) is 5.66. The maximum Gasteiger partial charge on any atom is 0.223 e. The van der Waals surface area contributed by atoms with Crippen molar-refractivity contribution in [2.24, 2.45) is 0 Å². The molecule has 0 bridgehead atoms. The molecule has 2 aromatic rings. The molecule has 0 aliphatic carbocycles. The lowest BCUT2D eigenvalue weighted by Gasteiger charge is -2.13. The lowest BCUT2D eigenvalue weighted by atomic mass is 10.1. The van der Waals surface area contributed by atoms with Crippen LogP contribution in [0, 0.1) is 0 Å². The fourth-order valence-electron chi connectivity index (χ4n) is 1.93. The third kappa shape index (κ3) is 3.44. The molecular formula is C15H18BrN3O2. The van der Waals surface area contributed by atoms with E-state index < -0.39 is 0 Å².